The number of nitrogens with zero attached hydrogens (tertiary/aromatic N) is 3. The number of nitrogens with one attached hydrogen (secondary N) is 2. The zero-order valence-corrected chi connectivity index (χ0v) is 17.5. The Morgan fingerprint density at radius 2 is 1.97 bits per heavy atom. The van der Waals surface area contributed by atoms with Crippen LogP contribution in [-0.2, 0) is 4.74 Å². The Bertz CT molecular complexity index is 1050. The number of methoxy groups -OCH3 is 1. The number of hydrogen-bond acceptors (Lipinski definition) is 5. The van der Waals surface area contributed by atoms with Gasteiger partial charge >= 0.3 is 6.03 Å². The summed E-state index contributed by atoms with van der Waals surface area (Å²) < 4.78 is 18.6. The number of halogens is 1. The second-order valence-corrected chi connectivity index (χ2v) is 7.66. The second-order valence-electron chi connectivity index (χ2n) is 7.66. The van der Waals surface area contributed by atoms with Crippen molar-refractivity contribution in [3.8, 4) is 11.1 Å². The van der Waals surface area contributed by atoms with Crippen LogP contribution in [-0.4, -0.2) is 60.3 Å². The van der Waals surface area contributed by atoms with E-state index in [0.717, 1.165) is 35.7 Å². The van der Waals surface area contributed by atoms with Gasteiger partial charge in [0.25, 0.3) is 0 Å². The molecule has 0 unspecified atom stereocenters. The van der Waals surface area contributed by atoms with E-state index in [9.17, 15) is 9.18 Å². The molecule has 31 heavy (non-hydrogen) atoms. The van der Waals surface area contributed by atoms with Gasteiger partial charge in [0.05, 0.1) is 12.8 Å². The molecular formula is C23H26FN5O2. The highest BCUT2D eigenvalue weighted by atomic mass is 19.1. The number of likely N-dealkylation sites (tertiary alicyclic amines) is 1. The van der Waals surface area contributed by atoms with Crippen LogP contribution in [0, 0.1) is 5.82 Å². The van der Waals surface area contributed by atoms with E-state index in [1.54, 1.807) is 19.5 Å². The van der Waals surface area contributed by atoms with Crippen LogP contribution in [0.4, 0.5) is 15.0 Å². The number of aromatic nitrogens is 2. The fourth-order valence-electron chi connectivity index (χ4n) is 3.80. The number of rotatable bonds is 6. The maximum Gasteiger partial charge on any atom is 0.323 e. The lowest BCUT2D eigenvalue weighted by atomic mass is 10.0. The van der Waals surface area contributed by atoms with Gasteiger partial charge in [-0.25, -0.2) is 14.2 Å². The molecule has 3 aromatic rings. The van der Waals surface area contributed by atoms with Crippen LogP contribution in [0.1, 0.15) is 12.8 Å². The lowest BCUT2D eigenvalue weighted by molar-refractivity contribution is 0.174. The van der Waals surface area contributed by atoms with E-state index in [0.29, 0.717) is 37.1 Å². The summed E-state index contributed by atoms with van der Waals surface area (Å²) in [6, 6.07) is 9.33. The Kier molecular flexibility index (Phi) is 6.69. The number of carbonyl (C=O) groups is 1. The van der Waals surface area contributed by atoms with E-state index in [-0.39, 0.29) is 11.8 Å². The van der Waals surface area contributed by atoms with Crippen LogP contribution in [0.25, 0.3) is 21.9 Å². The fourth-order valence-corrected chi connectivity index (χ4v) is 3.80. The minimum absolute atomic E-state index is 0.146. The average Bonchev–Trinajstić information content (AvgIpc) is 2.79. The standard InChI is InChI=1S/C23H26FN5O2/c1-31-9-6-26-21-4-7-29(8-5-21)23(30)28-22-12-18-10-16(2-3-17(18)14-27-22)19-11-20(24)15-25-13-19/h2-3,10-15,21,26H,4-9H2,1H3,(H,27,28,30). The number of anilines is 1. The largest absolute Gasteiger partial charge is 0.383 e. The van der Waals surface area contributed by atoms with E-state index in [1.807, 2.05) is 29.2 Å². The molecule has 3 heterocycles. The van der Waals surface area contributed by atoms with E-state index < -0.39 is 0 Å². The summed E-state index contributed by atoms with van der Waals surface area (Å²) in [6.07, 6.45) is 6.35. The topological polar surface area (TPSA) is 79.4 Å². The summed E-state index contributed by atoms with van der Waals surface area (Å²) in [5.74, 6) is 0.116. The molecule has 1 aliphatic rings. The van der Waals surface area contributed by atoms with Gasteiger partial charge in [-0.3, -0.25) is 10.3 Å². The van der Waals surface area contributed by atoms with E-state index in [2.05, 4.69) is 20.6 Å². The smallest absolute Gasteiger partial charge is 0.323 e. The predicted octanol–water partition coefficient (Wildman–Crippen LogP) is 3.67. The van der Waals surface area contributed by atoms with E-state index in [1.165, 1.54) is 12.3 Å². The third-order valence-corrected chi connectivity index (χ3v) is 5.52. The third kappa shape index (κ3) is 5.34. The van der Waals surface area contributed by atoms with Crippen molar-refractivity contribution in [2.45, 2.75) is 18.9 Å². The summed E-state index contributed by atoms with van der Waals surface area (Å²) in [5, 5.41) is 8.20. The minimum atomic E-state index is -0.377. The number of fused-ring (bicyclic) bond motifs is 1. The molecule has 4 rings (SSSR count). The molecule has 0 saturated carbocycles. The first-order chi connectivity index (χ1) is 15.1. The van der Waals surface area contributed by atoms with Crippen molar-refractivity contribution in [2.24, 2.45) is 0 Å². The lowest BCUT2D eigenvalue weighted by Gasteiger charge is -2.32. The van der Waals surface area contributed by atoms with Gasteiger partial charge < -0.3 is 15.0 Å². The zero-order valence-electron chi connectivity index (χ0n) is 17.5. The first-order valence-electron chi connectivity index (χ1n) is 10.4. The molecule has 0 radical (unpaired) electrons. The predicted molar refractivity (Wildman–Crippen MR) is 118 cm³/mol. The summed E-state index contributed by atoms with van der Waals surface area (Å²) in [5.41, 5.74) is 1.55. The second kappa shape index (κ2) is 9.80. The molecule has 8 heteroatoms. The van der Waals surface area contributed by atoms with Crippen molar-refractivity contribution in [1.29, 1.82) is 0 Å². The number of piperidine rings is 1. The maximum atomic E-state index is 13.5. The molecule has 0 bridgehead atoms. The molecule has 0 spiro atoms. The van der Waals surface area contributed by atoms with Crippen molar-refractivity contribution < 1.29 is 13.9 Å². The molecule has 2 aromatic heterocycles. The average molecular weight is 423 g/mol. The van der Waals surface area contributed by atoms with Crippen LogP contribution >= 0.6 is 0 Å². The first-order valence-corrected chi connectivity index (χ1v) is 10.4. The molecular weight excluding hydrogens is 397 g/mol. The van der Waals surface area contributed by atoms with Gasteiger partial charge in [0.2, 0.25) is 0 Å². The Morgan fingerprint density at radius 1 is 1.13 bits per heavy atom. The van der Waals surface area contributed by atoms with Gasteiger partial charge in [-0.2, -0.15) is 0 Å². The Labute approximate surface area is 180 Å². The highest BCUT2D eigenvalue weighted by molar-refractivity contribution is 5.93. The summed E-state index contributed by atoms with van der Waals surface area (Å²) in [7, 11) is 1.69. The Morgan fingerprint density at radius 3 is 2.74 bits per heavy atom. The lowest BCUT2D eigenvalue weighted by Crippen LogP contribution is -2.47. The Hall–Kier alpha value is -3.10. The van der Waals surface area contributed by atoms with Crippen molar-refractivity contribution in [3.05, 3.63) is 54.7 Å². The third-order valence-electron chi connectivity index (χ3n) is 5.52. The number of carbonyl (C=O) groups excluding carboxylic acids is 1. The van der Waals surface area contributed by atoms with Gasteiger partial charge in [0.1, 0.15) is 11.6 Å². The maximum absolute atomic E-state index is 13.5. The van der Waals surface area contributed by atoms with Gasteiger partial charge in [-0.15, -0.1) is 0 Å². The molecule has 1 saturated heterocycles. The first kappa shape index (κ1) is 21.1. The quantitative estimate of drug-likeness (QED) is 0.592. The van der Waals surface area contributed by atoms with E-state index >= 15 is 0 Å². The summed E-state index contributed by atoms with van der Waals surface area (Å²) in [4.78, 5) is 22.8. The molecule has 1 aliphatic heterocycles. The number of hydrogen-bond donors (Lipinski definition) is 2. The zero-order chi connectivity index (χ0) is 21.6. The molecule has 7 nitrogen and oxygen atoms in total. The summed E-state index contributed by atoms with van der Waals surface area (Å²) >= 11 is 0. The van der Waals surface area contributed by atoms with Crippen LogP contribution in [0.3, 0.4) is 0 Å². The number of ether oxygens (including phenoxy) is 1. The molecule has 1 aromatic carbocycles. The van der Waals surface area contributed by atoms with Crippen molar-refractivity contribution in [1.82, 2.24) is 20.2 Å². The highest BCUT2D eigenvalue weighted by Crippen LogP contribution is 2.25. The number of pyridine rings is 2. The Balaban J connectivity index is 1.41. The molecule has 2 amide bonds. The molecule has 0 atom stereocenters. The molecule has 1 fully saturated rings. The van der Waals surface area contributed by atoms with Crippen LogP contribution < -0.4 is 10.6 Å². The van der Waals surface area contributed by atoms with Crippen molar-refractivity contribution in [2.75, 3.05) is 38.7 Å². The van der Waals surface area contributed by atoms with Gasteiger partial charge in [0.15, 0.2) is 0 Å². The van der Waals surface area contributed by atoms with Gasteiger partial charge in [0, 0.05) is 56.1 Å². The van der Waals surface area contributed by atoms with Crippen molar-refractivity contribution >= 4 is 22.6 Å². The number of amides is 2. The molecule has 162 valence electrons. The van der Waals surface area contributed by atoms with E-state index in [4.69, 9.17) is 4.74 Å². The van der Waals surface area contributed by atoms with Crippen molar-refractivity contribution in [3.63, 3.8) is 0 Å². The molecule has 2 N–H and O–H groups in total. The van der Waals surface area contributed by atoms with Crippen LogP contribution in [0.5, 0.6) is 0 Å². The number of benzene rings is 1. The SMILES string of the molecule is COCCNC1CCN(C(=O)Nc2cc3cc(-c4cncc(F)c4)ccc3cn2)CC1. The number of urea groups is 1. The minimum Gasteiger partial charge on any atom is -0.383 e. The normalized spacial score (nSPS) is 14.7. The fraction of sp³-hybridized carbons (Fsp3) is 0.348. The monoisotopic (exact) mass is 423 g/mol. The van der Waals surface area contributed by atoms with Crippen LogP contribution in [0.15, 0.2) is 48.9 Å². The van der Waals surface area contributed by atoms with Gasteiger partial charge in [-0.1, -0.05) is 12.1 Å². The highest BCUT2D eigenvalue weighted by Gasteiger charge is 2.22. The van der Waals surface area contributed by atoms with Crippen LogP contribution in [0.2, 0.25) is 0 Å². The summed E-state index contributed by atoms with van der Waals surface area (Å²) in [6.45, 7) is 2.90. The molecule has 0 aliphatic carbocycles. The van der Waals surface area contributed by atoms with Gasteiger partial charge in [-0.05, 0) is 42.0 Å².